The molecule has 1 atom stereocenters. The van der Waals surface area contributed by atoms with Crippen LogP contribution in [0.25, 0.3) is 0 Å². The van der Waals surface area contributed by atoms with Gasteiger partial charge in [-0.05, 0) is 59.4 Å². The van der Waals surface area contributed by atoms with E-state index in [9.17, 15) is 4.79 Å². The van der Waals surface area contributed by atoms with Gasteiger partial charge >= 0.3 is 5.97 Å². The zero-order valence-electron chi connectivity index (χ0n) is 12.7. The summed E-state index contributed by atoms with van der Waals surface area (Å²) >= 11 is 0. The lowest BCUT2D eigenvalue weighted by Gasteiger charge is -2.38. The molecule has 0 aromatic heterocycles. The summed E-state index contributed by atoms with van der Waals surface area (Å²) in [6.07, 6.45) is 4.80. The Morgan fingerprint density at radius 1 is 1.37 bits per heavy atom. The van der Waals surface area contributed by atoms with Crippen LogP contribution < -0.4 is 5.32 Å². The number of rotatable bonds is 8. The van der Waals surface area contributed by atoms with Crippen molar-refractivity contribution in [2.24, 2.45) is 5.92 Å². The van der Waals surface area contributed by atoms with Crippen LogP contribution >= 0.6 is 0 Å². The highest BCUT2D eigenvalue weighted by Gasteiger charge is 2.53. The Hall–Kier alpha value is -0.610. The lowest BCUT2D eigenvalue weighted by atomic mass is 9.91. The molecule has 0 amide bonds. The van der Waals surface area contributed by atoms with Gasteiger partial charge in [-0.1, -0.05) is 0 Å². The molecule has 110 valence electrons. The van der Waals surface area contributed by atoms with E-state index in [-0.39, 0.29) is 12.0 Å². The number of hydrogen-bond acceptors (Lipinski definition) is 4. The van der Waals surface area contributed by atoms with Crippen molar-refractivity contribution in [3.63, 3.8) is 0 Å². The number of carbonyl (C=O) groups excluding carboxylic acids is 1. The average molecular weight is 268 g/mol. The summed E-state index contributed by atoms with van der Waals surface area (Å²) < 4.78 is 5.38. The summed E-state index contributed by atoms with van der Waals surface area (Å²) in [5.74, 6) is 0.383. The Bertz CT molecular complexity index is 324. The van der Waals surface area contributed by atoms with Crippen LogP contribution in [0, 0.1) is 5.92 Å². The number of nitrogens with zero attached hydrogens (tertiary/aromatic N) is 1. The van der Waals surface area contributed by atoms with Gasteiger partial charge in [0.1, 0.15) is 5.54 Å². The fraction of sp³-hybridized carbons (Fsp3) is 0.933. The van der Waals surface area contributed by atoms with Crippen LogP contribution in [0.3, 0.4) is 0 Å². The molecule has 0 saturated heterocycles. The Kier molecular flexibility index (Phi) is 4.51. The molecule has 19 heavy (non-hydrogen) atoms. The van der Waals surface area contributed by atoms with Crippen molar-refractivity contribution < 1.29 is 9.53 Å². The normalized spacial score (nSPS) is 22.6. The second-order valence-corrected chi connectivity index (χ2v) is 6.41. The summed E-state index contributed by atoms with van der Waals surface area (Å²) in [6.45, 7) is 7.33. The Labute approximate surface area is 116 Å². The highest BCUT2D eigenvalue weighted by Crippen LogP contribution is 2.42. The molecule has 0 heterocycles. The summed E-state index contributed by atoms with van der Waals surface area (Å²) in [7, 11) is 2.13. The van der Waals surface area contributed by atoms with Gasteiger partial charge in [-0.2, -0.15) is 0 Å². The molecular formula is C15H28N2O2. The van der Waals surface area contributed by atoms with Crippen LogP contribution in [0.5, 0.6) is 0 Å². The van der Waals surface area contributed by atoms with Gasteiger partial charge in [0, 0.05) is 18.6 Å². The van der Waals surface area contributed by atoms with E-state index in [4.69, 9.17) is 4.74 Å². The quantitative estimate of drug-likeness (QED) is 0.682. The molecule has 2 aliphatic carbocycles. The third-order valence-corrected chi connectivity index (χ3v) is 4.13. The lowest BCUT2D eigenvalue weighted by molar-refractivity contribution is -0.153. The molecule has 1 unspecified atom stereocenters. The van der Waals surface area contributed by atoms with Crippen molar-refractivity contribution >= 4 is 5.97 Å². The van der Waals surface area contributed by atoms with Crippen molar-refractivity contribution in [3.8, 4) is 0 Å². The maximum Gasteiger partial charge on any atom is 0.327 e. The Morgan fingerprint density at radius 3 is 2.42 bits per heavy atom. The van der Waals surface area contributed by atoms with Crippen LogP contribution in [-0.4, -0.2) is 48.7 Å². The predicted octanol–water partition coefficient (Wildman–Crippen LogP) is 1.79. The second kappa shape index (κ2) is 5.80. The first-order valence-corrected chi connectivity index (χ1v) is 7.64. The molecule has 2 saturated carbocycles. The molecule has 2 aliphatic rings. The second-order valence-electron chi connectivity index (χ2n) is 6.41. The smallest absolute Gasteiger partial charge is 0.327 e. The topological polar surface area (TPSA) is 41.6 Å². The molecule has 0 aromatic carbocycles. The first kappa shape index (κ1) is 14.8. The van der Waals surface area contributed by atoms with Crippen molar-refractivity contribution in [1.82, 2.24) is 10.2 Å². The van der Waals surface area contributed by atoms with Crippen LogP contribution in [0.4, 0.5) is 0 Å². The molecule has 0 radical (unpaired) electrons. The third-order valence-electron chi connectivity index (χ3n) is 4.13. The van der Waals surface area contributed by atoms with E-state index in [1.807, 2.05) is 6.92 Å². The highest BCUT2D eigenvalue weighted by molar-refractivity contribution is 5.82. The number of likely N-dealkylation sites (N-methyl/N-ethyl adjacent to an activating group) is 1. The molecule has 0 bridgehead atoms. The zero-order valence-corrected chi connectivity index (χ0v) is 12.7. The van der Waals surface area contributed by atoms with Gasteiger partial charge in [-0.3, -0.25) is 5.32 Å². The van der Waals surface area contributed by atoms with Crippen LogP contribution in [0.1, 0.15) is 46.5 Å². The number of ether oxygens (including phenoxy) is 1. The molecule has 0 aromatic rings. The van der Waals surface area contributed by atoms with Gasteiger partial charge < -0.3 is 9.64 Å². The number of nitrogens with one attached hydrogen (secondary N) is 1. The summed E-state index contributed by atoms with van der Waals surface area (Å²) in [4.78, 5) is 14.9. The molecule has 2 rings (SSSR count). The molecule has 0 spiro atoms. The van der Waals surface area contributed by atoms with Crippen molar-refractivity contribution in [2.75, 3.05) is 20.2 Å². The SMILES string of the molecule is CCOC(=O)C(CN(C)C1CC1)(NC(C)C)C1CC1. The number of carbonyl (C=O) groups is 1. The fourth-order valence-corrected chi connectivity index (χ4v) is 2.97. The summed E-state index contributed by atoms with van der Waals surface area (Å²) in [5.41, 5.74) is -0.498. The average Bonchev–Trinajstić information content (AvgIpc) is 3.17. The molecule has 0 aliphatic heterocycles. The van der Waals surface area contributed by atoms with Crippen molar-refractivity contribution in [2.45, 2.75) is 64.1 Å². The summed E-state index contributed by atoms with van der Waals surface area (Å²) in [5, 5.41) is 3.54. The highest BCUT2D eigenvalue weighted by atomic mass is 16.5. The van der Waals surface area contributed by atoms with Gasteiger partial charge in [0.2, 0.25) is 0 Å². The van der Waals surface area contributed by atoms with Crippen molar-refractivity contribution in [3.05, 3.63) is 0 Å². The van der Waals surface area contributed by atoms with Crippen LogP contribution in [0.15, 0.2) is 0 Å². The first-order chi connectivity index (χ1) is 8.99. The van der Waals surface area contributed by atoms with Crippen molar-refractivity contribution in [1.29, 1.82) is 0 Å². The minimum atomic E-state index is -0.498. The lowest BCUT2D eigenvalue weighted by Crippen LogP contribution is -2.63. The van der Waals surface area contributed by atoms with E-state index in [1.54, 1.807) is 0 Å². The standard InChI is InChI=1S/C15H28N2O2/c1-5-19-14(18)15(12-6-7-12,16-11(2)3)10-17(4)13-8-9-13/h11-13,16H,5-10H2,1-4H3. The molecular weight excluding hydrogens is 240 g/mol. The molecule has 4 nitrogen and oxygen atoms in total. The first-order valence-electron chi connectivity index (χ1n) is 7.64. The van der Waals surface area contributed by atoms with E-state index >= 15 is 0 Å². The zero-order chi connectivity index (χ0) is 14.0. The van der Waals surface area contributed by atoms with E-state index in [1.165, 1.54) is 12.8 Å². The van der Waals surface area contributed by atoms with Crippen LogP contribution in [0.2, 0.25) is 0 Å². The van der Waals surface area contributed by atoms with Gasteiger partial charge in [0.05, 0.1) is 6.61 Å². The third kappa shape index (κ3) is 3.48. The van der Waals surface area contributed by atoms with E-state index < -0.39 is 5.54 Å². The van der Waals surface area contributed by atoms with Gasteiger partial charge in [0.15, 0.2) is 0 Å². The number of hydrogen-bond donors (Lipinski definition) is 1. The Balaban J connectivity index is 2.14. The van der Waals surface area contributed by atoms with E-state index in [0.717, 1.165) is 19.4 Å². The predicted molar refractivity (Wildman–Crippen MR) is 76.0 cm³/mol. The maximum atomic E-state index is 12.5. The fourth-order valence-electron chi connectivity index (χ4n) is 2.97. The van der Waals surface area contributed by atoms with Gasteiger partial charge in [0.25, 0.3) is 0 Å². The summed E-state index contributed by atoms with van der Waals surface area (Å²) in [6, 6.07) is 0.958. The van der Waals surface area contributed by atoms with E-state index in [0.29, 0.717) is 18.6 Å². The largest absolute Gasteiger partial charge is 0.465 e. The Morgan fingerprint density at radius 2 is 2.00 bits per heavy atom. The molecule has 2 fully saturated rings. The molecule has 1 N–H and O–H groups in total. The minimum Gasteiger partial charge on any atom is -0.465 e. The van der Waals surface area contributed by atoms with E-state index in [2.05, 4.69) is 31.1 Å². The van der Waals surface area contributed by atoms with Gasteiger partial charge in [-0.15, -0.1) is 0 Å². The number of esters is 1. The van der Waals surface area contributed by atoms with Crippen LogP contribution in [-0.2, 0) is 9.53 Å². The monoisotopic (exact) mass is 268 g/mol. The van der Waals surface area contributed by atoms with Gasteiger partial charge in [-0.25, -0.2) is 4.79 Å². The maximum absolute atomic E-state index is 12.5. The molecule has 4 heteroatoms. The minimum absolute atomic E-state index is 0.0568.